The van der Waals surface area contributed by atoms with E-state index in [1.54, 1.807) is 0 Å². The molecule has 0 bridgehead atoms. The van der Waals surface area contributed by atoms with Crippen LogP contribution in [-0.4, -0.2) is 97.5 Å². The molecule has 2 aliphatic heterocycles. The van der Waals surface area contributed by atoms with E-state index in [0.29, 0.717) is 12.6 Å². The highest BCUT2D eigenvalue weighted by Crippen LogP contribution is 2.23. The molecule has 0 radical (unpaired) electrons. The van der Waals surface area contributed by atoms with Gasteiger partial charge in [-0.15, -0.1) is 0 Å². The van der Waals surface area contributed by atoms with Gasteiger partial charge in [-0.2, -0.15) is 0 Å². The molecule has 2 heterocycles. The number of rotatable bonds is 6. The summed E-state index contributed by atoms with van der Waals surface area (Å²) in [7, 11) is 2.17. The second-order valence-electron chi connectivity index (χ2n) is 7.05. The zero-order valence-corrected chi connectivity index (χ0v) is 14.1. The molecule has 2 saturated heterocycles. The Hall–Kier alpha value is -0.200. The van der Waals surface area contributed by atoms with Crippen LogP contribution in [0.5, 0.6) is 0 Å². The third-order valence-corrected chi connectivity index (χ3v) is 4.98. The van der Waals surface area contributed by atoms with Gasteiger partial charge in [0.05, 0.1) is 18.8 Å². The fourth-order valence-electron chi connectivity index (χ4n) is 3.13. The first-order chi connectivity index (χ1) is 9.98. The number of hydrogen-bond donors (Lipinski definition) is 1. The highest BCUT2D eigenvalue weighted by atomic mass is 16.5. The van der Waals surface area contributed by atoms with Crippen molar-refractivity contribution in [3.05, 3.63) is 0 Å². The number of likely N-dealkylation sites (N-methyl/N-ethyl adjacent to an activating group) is 1. The second-order valence-corrected chi connectivity index (χ2v) is 7.05. The van der Waals surface area contributed by atoms with Crippen LogP contribution in [0.4, 0.5) is 0 Å². The van der Waals surface area contributed by atoms with E-state index in [1.807, 2.05) is 0 Å². The number of ether oxygens (including phenoxy) is 1. The molecule has 2 rings (SSSR count). The van der Waals surface area contributed by atoms with Crippen LogP contribution in [0.25, 0.3) is 0 Å². The average Bonchev–Trinajstić information content (AvgIpc) is 2.46. The maximum atomic E-state index is 10.6. The first-order valence-corrected chi connectivity index (χ1v) is 8.44. The minimum absolute atomic E-state index is 0.493. The Morgan fingerprint density at radius 1 is 1.05 bits per heavy atom. The van der Waals surface area contributed by atoms with E-state index in [9.17, 15) is 5.11 Å². The van der Waals surface area contributed by atoms with Gasteiger partial charge >= 0.3 is 0 Å². The van der Waals surface area contributed by atoms with Gasteiger partial charge in [0.25, 0.3) is 0 Å². The minimum Gasteiger partial charge on any atom is -0.387 e. The maximum Gasteiger partial charge on any atom is 0.0904 e. The lowest BCUT2D eigenvalue weighted by Gasteiger charge is -2.40. The fraction of sp³-hybridized carbons (Fsp3) is 1.00. The normalized spacial score (nSPS) is 25.6. The van der Waals surface area contributed by atoms with Gasteiger partial charge in [-0.1, -0.05) is 0 Å². The molecule has 0 aromatic rings. The highest BCUT2D eigenvalue weighted by Gasteiger charge is 2.33. The van der Waals surface area contributed by atoms with Crippen LogP contribution in [0.1, 0.15) is 26.7 Å². The standard InChI is InChI=1S/C16H33N3O2/c1-15(2)19-6-4-16(20,5-7-19)14-21-13-12-18-10-8-17(3)9-11-18/h15,20H,4-14H2,1-3H3. The summed E-state index contributed by atoms with van der Waals surface area (Å²) in [6.45, 7) is 13.2. The lowest BCUT2D eigenvalue weighted by Crippen LogP contribution is -2.49. The number of piperazine rings is 1. The number of hydrogen-bond acceptors (Lipinski definition) is 5. The smallest absolute Gasteiger partial charge is 0.0904 e. The third-order valence-electron chi connectivity index (χ3n) is 4.98. The molecule has 0 aromatic carbocycles. The van der Waals surface area contributed by atoms with Crippen LogP contribution in [0.15, 0.2) is 0 Å². The average molecular weight is 299 g/mol. The zero-order valence-electron chi connectivity index (χ0n) is 14.1. The molecule has 124 valence electrons. The molecule has 2 fully saturated rings. The molecular weight excluding hydrogens is 266 g/mol. The van der Waals surface area contributed by atoms with E-state index >= 15 is 0 Å². The van der Waals surface area contributed by atoms with E-state index in [2.05, 4.69) is 35.6 Å². The predicted octanol–water partition coefficient (Wildman–Crippen LogP) is 0.486. The van der Waals surface area contributed by atoms with Crippen molar-refractivity contribution in [1.29, 1.82) is 0 Å². The Morgan fingerprint density at radius 2 is 1.67 bits per heavy atom. The van der Waals surface area contributed by atoms with E-state index in [-0.39, 0.29) is 0 Å². The molecule has 0 saturated carbocycles. The zero-order chi connectivity index (χ0) is 15.3. The summed E-state index contributed by atoms with van der Waals surface area (Å²) in [6.07, 6.45) is 1.67. The van der Waals surface area contributed by atoms with E-state index in [1.165, 1.54) is 0 Å². The van der Waals surface area contributed by atoms with Crippen LogP contribution in [0.2, 0.25) is 0 Å². The van der Waals surface area contributed by atoms with Crippen LogP contribution in [0.3, 0.4) is 0 Å². The molecule has 21 heavy (non-hydrogen) atoms. The van der Waals surface area contributed by atoms with Crippen molar-refractivity contribution in [2.24, 2.45) is 0 Å². The topological polar surface area (TPSA) is 39.2 Å². The summed E-state index contributed by atoms with van der Waals surface area (Å²) in [5.41, 5.74) is -0.604. The predicted molar refractivity (Wildman–Crippen MR) is 85.6 cm³/mol. The molecular formula is C16H33N3O2. The monoisotopic (exact) mass is 299 g/mol. The number of aliphatic hydroxyl groups is 1. The highest BCUT2D eigenvalue weighted by molar-refractivity contribution is 4.86. The minimum atomic E-state index is -0.604. The van der Waals surface area contributed by atoms with Crippen LogP contribution < -0.4 is 0 Å². The Kier molecular flexibility index (Phi) is 6.44. The van der Waals surface area contributed by atoms with Gasteiger partial charge in [-0.3, -0.25) is 4.90 Å². The summed E-state index contributed by atoms with van der Waals surface area (Å²) >= 11 is 0. The van der Waals surface area contributed by atoms with Gasteiger partial charge in [0, 0.05) is 51.9 Å². The number of piperidine rings is 1. The van der Waals surface area contributed by atoms with Crippen molar-refractivity contribution in [2.75, 3.05) is 66.1 Å². The Balaban J connectivity index is 1.58. The van der Waals surface area contributed by atoms with Gasteiger partial charge in [0.1, 0.15) is 0 Å². The molecule has 5 heteroatoms. The molecule has 0 unspecified atom stereocenters. The van der Waals surface area contributed by atoms with Crippen molar-refractivity contribution in [3.63, 3.8) is 0 Å². The maximum absolute atomic E-state index is 10.6. The summed E-state index contributed by atoms with van der Waals surface area (Å²) in [5, 5.41) is 10.6. The quantitative estimate of drug-likeness (QED) is 0.723. The molecule has 0 atom stereocenters. The van der Waals surface area contributed by atoms with Crippen molar-refractivity contribution < 1.29 is 9.84 Å². The molecule has 1 N–H and O–H groups in total. The SMILES string of the molecule is CC(C)N1CCC(O)(COCCN2CCN(C)CC2)CC1. The van der Waals surface area contributed by atoms with Crippen molar-refractivity contribution in [2.45, 2.75) is 38.3 Å². The molecule has 2 aliphatic rings. The summed E-state index contributed by atoms with van der Waals surface area (Å²) in [4.78, 5) is 7.24. The van der Waals surface area contributed by atoms with Crippen molar-refractivity contribution in [3.8, 4) is 0 Å². The Bertz CT molecular complexity index is 296. The van der Waals surface area contributed by atoms with Crippen LogP contribution >= 0.6 is 0 Å². The first-order valence-electron chi connectivity index (χ1n) is 8.44. The molecule has 5 nitrogen and oxygen atoms in total. The second kappa shape index (κ2) is 7.88. The van der Waals surface area contributed by atoms with Crippen LogP contribution in [0, 0.1) is 0 Å². The lowest BCUT2D eigenvalue weighted by atomic mass is 9.92. The third kappa shape index (κ3) is 5.49. The van der Waals surface area contributed by atoms with E-state index < -0.39 is 5.60 Å². The van der Waals surface area contributed by atoms with Gasteiger partial charge in [0.15, 0.2) is 0 Å². The Morgan fingerprint density at radius 3 is 2.24 bits per heavy atom. The Labute approximate surface area is 129 Å². The van der Waals surface area contributed by atoms with Gasteiger partial charge < -0.3 is 19.6 Å². The van der Waals surface area contributed by atoms with E-state index in [4.69, 9.17) is 4.74 Å². The molecule has 0 amide bonds. The largest absolute Gasteiger partial charge is 0.387 e. The number of likely N-dealkylation sites (tertiary alicyclic amines) is 1. The summed E-state index contributed by atoms with van der Waals surface area (Å²) in [6, 6.07) is 0.577. The van der Waals surface area contributed by atoms with Crippen molar-refractivity contribution >= 4 is 0 Å². The van der Waals surface area contributed by atoms with E-state index in [0.717, 1.165) is 65.3 Å². The first kappa shape index (κ1) is 17.2. The number of nitrogens with zero attached hydrogens (tertiary/aromatic N) is 3. The molecule has 0 spiro atoms. The van der Waals surface area contributed by atoms with Gasteiger partial charge in [0.2, 0.25) is 0 Å². The van der Waals surface area contributed by atoms with Gasteiger partial charge in [-0.05, 0) is 33.7 Å². The molecule has 0 aromatic heterocycles. The summed E-state index contributed by atoms with van der Waals surface area (Å²) < 4.78 is 5.78. The van der Waals surface area contributed by atoms with Crippen molar-refractivity contribution in [1.82, 2.24) is 14.7 Å². The lowest BCUT2D eigenvalue weighted by molar-refractivity contribution is -0.0872. The molecule has 0 aliphatic carbocycles. The summed E-state index contributed by atoms with van der Waals surface area (Å²) in [5.74, 6) is 0. The van der Waals surface area contributed by atoms with Gasteiger partial charge in [-0.25, -0.2) is 0 Å². The fourth-order valence-corrected chi connectivity index (χ4v) is 3.13. The van der Waals surface area contributed by atoms with Crippen LogP contribution in [-0.2, 0) is 4.74 Å².